The summed E-state index contributed by atoms with van der Waals surface area (Å²) in [6.45, 7) is 7.05. The van der Waals surface area contributed by atoms with Crippen LogP contribution in [0.1, 0.15) is 26.3 Å². The normalized spacial score (nSPS) is 12.6. The van der Waals surface area contributed by atoms with Gasteiger partial charge in [0.05, 0.1) is 21.7 Å². The van der Waals surface area contributed by atoms with Crippen molar-refractivity contribution in [2.45, 2.75) is 37.0 Å². The maximum atomic E-state index is 12.6. The van der Waals surface area contributed by atoms with E-state index in [1.54, 1.807) is 46.7 Å². The molecular weight excluding hydrogens is 448 g/mol. The van der Waals surface area contributed by atoms with Crippen LogP contribution in [-0.4, -0.2) is 30.0 Å². The van der Waals surface area contributed by atoms with Gasteiger partial charge in [0.15, 0.2) is 0 Å². The van der Waals surface area contributed by atoms with Crippen LogP contribution in [0.4, 0.5) is 0 Å². The number of benzene rings is 2. The Balaban J connectivity index is 1.80. The quantitative estimate of drug-likeness (QED) is 0.513. The number of aromatic nitrogens is 1. The molecule has 0 aliphatic heterocycles. The van der Waals surface area contributed by atoms with E-state index in [0.29, 0.717) is 28.6 Å². The number of nitrogens with zero attached hydrogens (tertiary/aromatic N) is 1. The number of fused-ring (bicyclic) bond motifs is 1. The Morgan fingerprint density at radius 2 is 1.83 bits per heavy atom. The molecule has 1 N–H and O–H groups in total. The molecule has 3 aromatic rings. The van der Waals surface area contributed by atoms with E-state index in [1.807, 2.05) is 12.1 Å². The second-order valence-electron chi connectivity index (χ2n) is 7.57. The number of nitrogens with one attached hydrogen (secondary N) is 1. The average Bonchev–Trinajstić information content (AvgIpc) is 2.94. The molecule has 9 heteroatoms. The van der Waals surface area contributed by atoms with Gasteiger partial charge in [0.25, 0.3) is 0 Å². The molecule has 0 fully saturated rings. The molecule has 29 heavy (non-hydrogen) atoms. The number of hydrogen-bond acceptors (Lipinski definition) is 5. The van der Waals surface area contributed by atoms with Crippen LogP contribution in [0.15, 0.2) is 52.2 Å². The second-order valence-corrected chi connectivity index (χ2v) is 12.7. The van der Waals surface area contributed by atoms with Crippen LogP contribution in [0.25, 0.3) is 10.2 Å². The molecule has 156 valence electrons. The lowest BCUT2D eigenvalue weighted by Crippen LogP contribution is -2.27. The van der Waals surface area contributed by atoms with Crippen molar-refractivity contribution in [3.05, 3.63) is 62.7 Å². The van der Waals surface area contributed by atoms with Crippen molar-refractivity contribution in [1.29, 1.82) is 0 Å². The molecule has 0 aliphatic rings. The average molecular weight is 471 g/mol. The summed E-state index contributed by atoms with van der Waals surface area (Å²) >= 11 is 8.67. The third-order valence-electron chi connectivity index (χ3n) is 4.13. The van der Waals surface area contributed by atoms with Crippen molar-refractivity contribution < 1.29 is 8.42 Å². The van der Waals surface area contributed by atoms with Crippen LogP contribution >= 0.6 is 34.7 Å². The topological polar surface area (TPSA) is 68.2 Å². The number of halogens is 1. The molecular formula is C20H23ClN2O3S3. The molecule has 0 unspecified atom stereocenters. The Morgan fingerprint density at radius 3 is 2.48 bits per heavy atom. The van der Waals surface area contributed by atoms with Crippen molar-refractivity contribution in [1.82, 2.24) is 9.29 Å². The van der Waals surface area contributed by atoms with Gasteiger partial charge in [-0.25, -0.2) is 13.1 Å². The van der Waals surface area contributed by atoms with Crippen LogP contribution in [0.5, 0.6) is 0 Å². The summed E-state index contributed by atoms with van der Waals surface area (Å²) in [5, 5.41) is 0.638. The molecule has 0 saturated heterocycles. The van der Waals surface area contributed by atoms with E-state index >= 15 is 0 Å². The van der Waals surface area contributed by atoms with Gasteiger partial charge in [-0.3, -0.25) is 9.36 Å². The van der Waals surface area contributed by atoms with Gasteiger partial charge in [-0.05, 0) is 35.9 Å². The third kappa shape index (κ3) is 5.86. The highest BCUT2D eigenvalue weighted by atomic mass is 35.5. The molecule has 0 aliphatic carbocycles. The summed E-state index contributed by atoms with van der Waals surface area (Å²) in [6.07, 6.45) is 0. The fraction of sp³-hybridized carbons (Fsp3) is 0.350. The monoisotopic (exact) mass is 470 g/mol. The summed E-state index contributed by atoms with van der Waals surface area (Å²) in [5.74, 6) is 0.690. The molecule has 1 heterocycles. The summed E-state index contributed by atoms with van der Waals surface area (Å²) in [5.41, 5.74) is 1.67. The first-order chi connectivity index (χ1) is 13.5. The fourth-order valence-corrected chi connectivity index (χ4v) is 5.89. The van der Waals surface area contributed by atoms with Gasteiger partial charge in [0, 0.05) is 22.1 Å². The minimum Gasteiger partial charge on any atom is -0.294 e. The van der Waals surface area contributed by atoms with Crippen molar-refractivity contribution in [2.75, 3.05) is 12.3 Å². The van der Waals surface area contributed by atoms with E-state index in [4.69, 9.17) is 11.6 Å². The van der Waals surface area contributed by atoms with Crippen LogP contribution in [0.2, 0.25) is 5.02 Å². The van der Waals surface area contributed by atoms with Gasteiger partial charge < -0.3 is 0 Å². The van der Waals surface area contributed by atoms with Crippen molar-refractivity contribution in [3.8, 4) is 0 Å². The minimum atomic E-state index is -3.62. The van der Waals surface area contributed by atoms with Crippen LogP contribution in [0, 0.1) is 0 Å². The smallest absolute Gasteiger partial charge is 0.294 e. The fourth-order valence-electron chi connectivity index (χ4n) is 2.75. The predicted octanol–water partition coefficient (Wildman–Crippen LogP) is 4.57. The van der Waals surface area contributed by atoms with Gasteiger partial charge in [-0.1, -0.05) is 55.8 Å². The highest BCUT2D eigenvalue weighted by Gasteiger charge is 2.17. The van der Waals surface area contributed by atoms with E-state index in [0.717, 1.165) is 22.4 Å². The van der Waals surface area contributed by atoms with Crippen LogP contribution in [0.3, 0.4) is 0 Å². The molecule has 0 amide bonds. The number of thiazole rings is 1. The van der Waals surface area contributed by atoms with E-state index in [9.17, 15) is 13.2 Å². The van der Waals surface area contributed by atoms with Gasteiger partial charge in [0.2, 0.25) is 10.0 Å². The summed E-state index contributed by atoms with van der Waals surface area (Å²) < 4.78 is 30.2. The third-order valence-corrected chi connectivity index (χ3v) is 8.06. The number of rotatable bonds is 7. The molecule has 1 aromatic heterocycles. The largest absolute Gasteiger partial charge is 0.308 e. The molecule has 0 bridgehead atoms. The lowest BCUT2D eigenvalue weighted by molar-refractivity contribution is 0.584. The van der Waals surface area contributed by atoms with Gasteiger partial charge in [-0.2, -0.15) is 11.8 Å². The predicted molar refractivity (Wildman–Crippen MR) is 124 cm³/mol. The van der Waals surface area contributed by atoms with E-state index in [1.165, 1.54) is 0 Å². The SMILES string of the molecule is CC(C)(C)SCCNS(=O)(=O)c1ccc2c(c1)sc(=O)n2Cc1ccc(Cl)cc1. The number of sulfonamides is 1. The van der Waals surface area contributed by atoms with Crippen molar-refractivity contribution >= 4 is 54.9 Å². The Hall–Kier alpha value is -1.32. The first kappa shape index (κ1) is 22.4. The van der Waals surface area contributed by atoms with Gasteiger partial charge >= 0.3 is 4.87 Å². The number of thioether (sulfide) groups is 1. The Kier molecular flexibility index (Phi) is 6.80. The highest BCUT2D eigenvalue weighted by Crippen LogP contribution is 2.24. The summed E-state index contributed by atoms with van der Waals surface area (Å²) in [7, 11) is -3.62. The summed E-state index contributed by atoms with van der Waals surface area (Å²) in [4.78, 5) is 12.5. The zero-order valence-corrected chi connectivity index (χ0v) is 19.6. The zero-order valence-electron chi connectivity index (χ0n) is 16.4. The molecule has 5 nitrogen and oxygen atoms in total. The maximum absolute atomic E-state index is 12.6. The molecule has 3 rings (SSSR count). The van der Waals surface area contributed by atoms with Gasteiger partial charge in [0.1, 0.15) is 0 Å². The molecule has 0 spiro atoms. The Labute approximate surface area is 184 Å². The highest BCUT2D eigenvalue weighted by molar-refractivity contribution is 8.00. The van der Waals surface area contributed by atoms with E-state index in [-0.39, 0.29) is 14.5 Å². The zero-order chi connectivity index (χ0) is 21.2. The summed E-state index contributed by atoms with van der Waals surface area (Å²) in [6, 6.07) is 12.1. The van der Waals surface area contributed by atoms with Gasteiger partial charge in [-0.15, -0.1) is 0 Å². The van der Waals surface area contributed by atoms with Crippen LogP contribution in [-0.2, 0) is 16.6 Å². The molecule has 2 aromatic carbocycles. The van der Waals surface area contributed by atoms with E-state index < -0.39 is 10.0 Å². The van der Waals surface area contributed by atoms with Crippen LogP contribution < -0.4 is 9.60 Å². The van der Waals surface area contributed by atoms with Crippen molar-refractivity contribution in [3.63, 3.8) is 0 Å². The Morgan fingerprint density at radius 1 is 1.14 bits per heavy atom. The standard InChI is InChI=1S/C20H23ClN2O3S3/c1-20(2,3)27-11-10-22-29(25,26)16-8-9-17-18(12-16)28-19(24)23(17)13-14-4-6-15(21)7-5-14/h4-9,12,22H,10-11,13H2,1-3H3. The number of hydrogen-bond donors (Lipinski definition) is 1. The molecule has 0 saturated carbocycles. The first-order valence-electron chi connectivity index (χ1n) is 9.07. The van der Waals surface area contributed by atoms with Crippen molar-refractivity contribution in [2.24, 2.45) is 0 Å². The lowest BCUT2D eigenvalue weighted by Gasteiger charge is -2.17. The molecule has 0 atom stereocenters. The second kappa shape index (κ2) is 8.81. The Bertz CT molecular complexity index is 1160. The molecule has 0 radical (unpaired) electrons. The maximum Gasteiger partial charge on any atom is 0.308 e. The minimum absolute atomic E-state index is 0.0869. The van der Waals surface area contributed by atoms with E-state index in [2.05, 4.69) is 25.5 Å². The first-order valence-corrected chi connectivity index (χ1v) is 12.7. The lowest BCUT2D eigenvalue weighted by atomic mass is 10.2.